The predicted molar refractivity (Wildman–Crippen MR) is 118 cm³/mol. The van der Waals surface area contributed by atoms with Crippen LogP contribution < -0.4 is 14.8 Å². The number of hydrogen-bond donors (Lipinski definition) is 3. The van der Waals surface area contributed by atoms with Crippen LogP contribution in [0.1, 0.15) is 25.0 Å². The molecule has 9 heteroatoms. The summed E-state index contributed by atoms with van der Waals surface area (Å²) < 4.78 is 55.2. The summed E-state index contributed by atoms with van der Waals surface area (Å²) >= 11 is 0. The Morgan fingerprint density at radius 1 is 0.800 bits per heavy atom. The minimum Gasteiger partial charge on any atom is -0.344 e. The van der Waals surface area contributed by atoms with Crippen LogP contribution in [0.3, 0.4) is 0 Å². The molecular weight excluding hydrogens is 422 g/mol. The number of sulfonamides is 2. The maximum absolute atomic E-state index is 12.6. The molecule has 0 aliphatic heterocycles. The highest BCUT2D eigenvalue weighted by Crippen LogP contribution is 2.12. The third-order valence-corrected chi connectivity index (χ3v) is 7.82. The molecule has 7 nitrogen and oxygen atoms in total. The normalized spacial score (nSPS) is 13.5. The number of benzene rings is 2. The molecule has 0 aliphatic rings. The van der Waals surface area contributed by atoms with Gasteiger partial charge in [-0.1, -0.05) is 49.2 Å². The van der Waals surface area contributed by atoms with Crippen molar-refractivity contribution in [1.29, 1.82) is 0 Å². The van der Waals surface area contributed by atoms with Gasteiger partial charge in [0.15, 0.2) is 0 Å². The summed E-state index contributed by atoms with van der Waals surface area (Å²) in [5.74, 6) is 0.0886. The van der Waals surface area contributed by atoms with Crippen LogP contribution >= 0.6 is 0 Å². The van der Waals surface area contributed by atoms with Crippen LogP contribution in [-0.4, -0.2) is 42.5 Å². The molecule has 2 aromatic carbocycles. The fourth-order valence-corrected chi connectivity index (χ4v) is 5.28. The van der Waals surface area contributed by atoms with Gasteiger partial charge in [-0.3, -0.25) is 0 Å². The average molecular weight is 455 g/mol. The third-order valence-electron chi connectivity index (χ3n) is 4.83. The quantitative estimate of drug-likeness (QED) is 0.443. The first-order valence-corrected chi connectivity index (χ1v) is 12.9. The first-order chi connectivity index (χ1) is 14.0. The van der Waals surface area contributed by atoms with Crippen LogP contribution in [0.25, 0.3) is 0 Å². The number of aryl methyl sites for hydroxylation is 2. The van der Waals surface area contributed by atoms with Gasteiger partial charge in [0.05, 0.1) is 35.5 Å². The van der Waals surface area contributed by atoms with Crippen molar-refractivity contribution in [1.82, 2.24) is 9.44 Å². The summed E-state index contributed by atoms with van der Waals surface area (Å²) in [6, 6.07) is 13.1. The Labute approximate surface area is 180 Å². The lowest BCUT2D eigenvalue weighted by Crippen LogP contribution is -2.89. The van der Waals surface area contributed by atoms with Crippen molar-refractivity contribution in [2.75, 3.05) is 19.6 Å². The first-order valence-electron chi connectivity index (χ1n) is 9.98. The van der Waals surface area contributed by atoms with Crippen molar-refractivity contribution < 1.29 is 22.2 Å². The largest absolute Gasteiger partial charge is 0.344 e. The van der Waals surface area contributed by atoms with Crippen molar-refractivity contribution in [3.63, 3.8) is 0 Å². The minimum atomic E-state index is -3.61. The fourth-order valence-electron chi connectivity index (χ4n) is 2.83. The Morgan fingerprint density at radius 2 is 1.27 bits per heavy atom. The van der Waals surface area contributed by atoms with Gasteiger partial charge in [-0.25, -0.2) is 26.3 Å². The number of rotatable bonds is 11. The van der Waals surface area contributed by atoms with E-state index in [2.05, 4.69) is 9.44 Å². The van der Waals surface area contributed by atoms with E-state index in [0.29, 0.717) is 13.1 Å². The van der Waals surface area contributed by atoms with E-state index < -0.39 is 20.0 Å². The van der Waals surface area contributed by atoms with Crippen LogP contribution in [0.2, 0.25) is 0 Å². The van der Waals surface area contributed by atoms with E-state index in [0.717, 1.165) is 11.1 Å². The van der Waals surface area contributed by atoms with Gasteiger partial charge in [-0.05, 0) is 44.0 Å². The smallest absolute Gasteiger partial charge is 0.241 e. The molecule has 0 heterocycles. The summed E-state index contributed by atoms with van der Waals surface area (Å²) in [6.07, 6.45) is 0. The molecule has 2 aromatic rings. The molecule has 0 spiro atoms. The van der Waals surface area contributed by atoms with E-state index in [4.69, 9.17) is 0 Å². The van der Waals surface area contributed by atoms with E-state index in [1.165, 1.54) is 0 Å². The van der Waals surface area contributed by atoms with Crippen LogP contribution in [-0.2, 0) is 20.0 Å². The van der Waals surface area contributed by atoms with E-state index in [1.54, 1.807) is 48.5 Å². The lowest BCUT2D eigenvalue weighted by atomic mass is 10.1. The molecule has 166 valence electrons. The van der Waals surface area contributed by atoms with Crippen molar-refractivity contribution >= 4 is 20.0 Å². The van der Waals surface area contributed by atoms with Crippen molar-refractivity contribution in [3.8, 4) is 0 Å². The number of nitrogens with two attached hydrogens (primary N) is 1. The molecule has 0 saturated heterocycles. The van der Waals surface area contributed by atoms with Gasteiger partial charge in [0, 0.05) is 0 Å². The molecule has 0 aromatic heterocycles. The standard InChI is InChI=1S/C21H31N3O4S2/c1-16(2)21(24-30(27,28)20-11-7-18(4)8-12-20)15-22-13-14-23-29(25,26)19-9-5-17(3)6-10-19/h5-12,16,21-24H,13-15H2,1-4H3/p+1. The van der Waals surface area contributed by atoms with E-state index in [-0.39, 0.29) is 28.3 Å². The van der Waals surface area contributed by atoms with Gasteiger partial charge < -0.3 is 5.32 Å². The zero-order valence-electron chi connectivity index (χ0n) is 17.9. The molecule has 2 rings (SSSR count). The highest BCUT2D eigenvalue weighted by Gasteiger charge is 2.23. The first kappa shape index (κ1) is 24.5. The second kappa shape index (κ2) is 10.5. The number of hydrogen-bond acceptors (Lipinski definition) is 4. The molecule has 4 N–H and O–H groups in total. The zero-order valence-corrected chi connectivity index (χ0v) is 19.6. The fraction of sp³-hybridized carbons (Fsp3) is 0.429. The average Bonchev–Trinajstić information content (AvgIpc) is 2.67. The van der Waals surface area contributed by atoms with E-state index >= 15 is 0 Å². The van der Waals surface area contributed by atoms with Gasteiger partial charge in [-0.15, -0.1) is 0 Å². The van der Waals surface area contributed by atoms with Gasteiger partial charge >= 0.3 is 0 Å². The van der Waals surface area contributed by atoms with Crippen LogP contribution in [0.15, 0.2) is 58.3 Å². The van der Waals surface area contributed by atoms with Gasteiger partial charge in [0.2, 0.25) is 20.0 Å². The topological polar surface area (TPSA) is 109 Å². The van der Waals surface area contributed by atoms with Gasteiger partial charge in [0.25, 0.3) is 0 Å². The Hall–Kier alpha value is -1.78. The third kappa shape index (κ3) is 7.17. The Bertz CT molecular complexity index is 1020. The molecular formula is C21H32N3O4S2+. The highest BCUT2D eigenvalue weighted by atomic mass is 32.2. The Morgan fingerprint density at radius 3 is 1.73 bits per heavy atom. The lowest BCUT2D eigenvalue weighted by molar-refractivity contribution is -0.655. The second-order valence-electron chi connectivity index (χ2n) is 7.81. The van der Waals surface area contributed by atoms with E-state index in [1.807, 2.05) is 33.0 Å². The summed E-state index contributed by atoms with van der Waals surface area (Å²) in [6.45, 7) is 8.98. The van der Waals surface area contributed by atoms with Crippen molar-refractivity contribution in [2.45, 2.75) is 43.5 Å². The Balaban J connectivity index is 1.86. The zero-order chi connectivity index (χ0) is 22.4. The highest BCUT2D eigenvalue weighted by molar-refractivity contribution is 7.89. The van der Waals surface area contributed by atoms with Crippen LogP contribution in [0.5, 0.6) is 0 Å². The summed E-state index contributed by atoms with van der Waals surface area (Å²) in [5, 5.41) is 1.92. The minimum absolute atomic E-state index is 0.0886. The summed E-state index contributed by atoms with van der Waals surface area (Å²) in [7, 11) is -7.15. The molecule has 0 fully saturated rings. The van der Waals surface area contributed by atoms with E-state index in [9.17, 15) is 16.8 Å². The monoisotopic (exact) mass is 454 g/mol. The number of nitrogens with one attached hydrogen (secondary N) is 2. The SMILES string of the molecule is Cc1ccc(S(=O)(=O)NCC[NH2+]CC(NS(=O)(=O)c2ccc(C)cc2)C(C)C)cc1. The van der Waals surface area contributed by atoms with Gasteiger partial charge in [0.1, 0.15) is 0 Å². The van der Waals surface area contributed by atoms with Crippen LogP contribution in [0, 0.1) is 19.8 Å². The molecule has 0 bridgehead atoms. The second-order valence-corrected chi connectivity index (χ2v) is 11.3. The van der Waals surface area contributed by atoms with Crippen molar-refractivity contribution in [3.05, 3.63) is 59.7 Å². The molecule has 1 unspecified atom stereocenters. The molecule has 0 radical (unpaired) electrons. The molecule has 0 saturated carbocycles. The molecule has 30 heavy (non-hydrogen) atoms. The van der Waals surface area contributed by atoms with Gasteiger partial charge in [-0.2, -0.15) is 0 Å². The van der Waals surface area contributed by atoms with Crippen molar-refractivity contribution in [2.24, 2.45) is 5.92 Å². The molecule has 1 atom stereocenters. The maximum atomic E-state index is 12.6. The molecule has 0 aliphatic carbocycles. The lowest BCUT2D eigenvalue weighted by Gasteiger charge is -2.21. The summed E-state index contributed by atoms with van der Waals surface area (Å²) in [4.78, 5) is 0.476. The summed E-state index contributed by atoms with van der Waals surface area (Å²) in [5.41, 5.74) is 1.99. The van der Waals surface area contributed by atoms with Crippen LogP contribution in [0.4, 0.5) is 0 Å². The molecule has 0 amide bonds. The maximum Gasteiger partial charge on any atom is 0.241 e. The predicted octanol–water partition coefficient (Wildman–Crippen LogP) is 1.15. The number of quaternary nitrogens is 1. The Kier molecular flexibility index (Phi) is 8.57.